The molecule has 2 aliphatic rings. The Morgan fingerprint density at radius 3 is 2.78 bits per heavy atom. The summed E-state index contributed by atoms with van der Waals surface area (Å²) in [6.07, 6.45) is 4.39. The van der Waals surface area contributed by atoms with Crippen molar-refractivity contribution in [3.05, 3.63) is 23.3 Å². The number of piperidine rings is 1. The quantitative estimate of drug-likeness (QED) is 0.723. The predicted molar refractivity (Wildman–Crippen MR) is 76.6 cm³/mol. The van der Waals surface area contributed by atoms with Crippen LogP contribution >= 0.6 is 17.0 Å². The Kier molecular flexibility index (Phi) is 3.87. The molecule has 1 aromatic rings. The summed E-state index contributed by atoms with van der Waals surface area (Å²) >= 11 is 0. The molecule has 1 aliphatic carbocycles. The number of likely N-dealkylation sites (tertiary alicyclic amines) is 1. The molecule has 18 heavy (non-hydrogen) atoms. The molecule has 2 N–H and O–H groups in total. The van der Waals surface area contributed by atoms with Gasteiger partial charge in [-0.15, -0.1) is 17.0 Å². The molecule has 0 radical (unpaired) electrons. The zero-order valence-electron chi connectivity index (χ0n) is 10.6. The van der Waals surface area contributed by atoms with Crippen molar-refractivity contribution in [2.75, 3.05) is 13.6 Å². The molecular weight excluding hydrogens is 294 g/mol. The van der Waals surface area contributed by atoms with Crippen molar-refractivity contribution in [2.24, 2.45) is 5.92 Å². The molecule has 1 heterocycles. The zero-order valence-corrected chi connectivity index (χ0v) is 12.3. The van der Waals surface area contributed by atoms with Crippen LogP contribution in [0.3, 0.4) is 0 Å². The number of phenols is 2. The number of halogens is 1. The highest BCUT2D eigenvalue weighted by molar-refractivity contribution is 8.93. The number of likely N-dealkylation sites (N-methyl/N-ethyl adjacent to an activating group) is 1. The third-order valence-electron chi connectivity index (χ3n) is 4.45. The maximum atomic E-state index is 9.94. The highest BCUT2D eigenvalue weighted by Gasteiger charge is 2.35. The van der Waals surface area contributed by atoms with Crippen LogP contribution in [0.2, 0.25) is 0 Å². The molecule has 0 unspecified atom stereocenters. The van der Waals surface area contributed by atoms with Gasteiger partial charge in [-0.25, -0.2) is 0 Å². The number of nitrogens with zero attached hydrogens (tertiary/aromatic N) is 1. The highest BCUT2D eigenvalue weighted by atomic mass is 79.9. The van der Waals surface area contributed by atoms with Gasteiger partial charge in [-0.05, 0) is 56.8 Å². The van der Waals surface area contributed by atoms with Gasteiger partial charge in [-0.1, -0.05) is 6.07 Å². The van der Waals surface area contributed by atoms with Crippen LogP contribution in [0.15, 0.2) is 12.1 Å². The Labute approximate surface area is 118 Å². The summed E-state index contributed by atoms with van der Waals surface area (Å²) in [4.78, 5) is 2.45. The maximum absolute atomic E-state index is 9.94. The standard InChI is InChI=1S/C14H19NO2.BrH/c1-15-6-2-3-10-7-11-9(8-12(10)15)4-5-13(16)14(11)17;/h4-5,10,12,16-17H,2-3,6-8H2,1H3;1H/t10-,12-;/m1./s1. The maximum Gasteiger partial charge on any atom is 0.160 e. The summed E-state index contributed by atoms with van der Waals surface area (Å²) in [5.74, 6) is 0.759. The highest BCUT2D eigenvalue weighted by Crippen LogP contribution is 2.41. The predicted octanol–water partition coefficient (Wildman–Crippen LogP) is 2.48. The number of benzene rings is 1. The summed E-state index contributed by atoms with van der Waals surface area (Å²) in [5, 5.41) is 19.5. The Bertz CT molecular complexity index is 450. The van der Waals surface area contributed by atoms with E-state index < -0.39 is 0 Å². The Morgan fingerprint density at radius 1 is 1.22 bits per heavy atom. The molecule has 1 aliphatic heterocycles. The normalized spacial score (nSPS) is 26.9. The van der Waals surface area contributed by atoms with Gasteiger partial charge in [0.15, 0.2) is 11.5 Å². The largest absolute Gasteiger partial charge is 0.504 e. The van der Waals surface area contributed by atoms with Crippen molar-refractivity contribution in [3.8, 4) is 11.5 Å². The first-order valence-electron chi connectivity index (χ1n) is 6.39. The van der Waals surface area contributed by atoms with Gasteiger partial charge in [0.1, 0.15) is 0 Å². The molecule has 1 saturated heterocycles. The van der Waals surface area contributed by atoms with Crippen molar-refractivity contribution < 1.29 is 10.2 Å². The first kappa shape index (κ1) is 13.7. The van der Waals surface area contributed by atoms with Crippen molar-refractivity contribution in [2.45, 2.75) is 31.7 Å². The van der Waals surface area contributed by atoms with Crippen LogP contribution in [-0.4, -0.2) is 34.7 Å². The van der Waals surface area contributed by atoms with Crippen LogP contribution in [0.5, 0.6) is 11.5 Å². The average Bonchev–Trinajstić information content (AvgIpc) is 2.33. The Morgan fingerprint density at radius 2 is 2.00 bits per heavy atom. The molecule has 4 heteroatoms. The topological polar surface area (TPSA) is 43.7 Å². The van der Waals surface area contributed by atoms with Crippen LogP contribution in [0.1, 0.15) is 24.0 Å². The molecule has 0 bridgehead atoms. The van der Waals surface area contributed by atoms with E-state index in [1.54, 1.807) is 6.07 Å². The monoisotopic (exact) mass is 313 g/mol. The summed E-state index contributed by atoms with van der Waals surface area (Å²) in [6, 6.07) is 4.18. The van der Waals surface area contributed by atoms with Crippen LogP contribution in [0.4, 0.5) is 0 Å². The summed E-state index contributed by atoms with van der Waals surface area (Å²) in [6.45, 7) is 1.18. The Balaban J connectivity index is 0.00000120. The molecular formula is C14H20BrNO2. The minimum atomic E-state index is 0. The lowest BCUT2D eigenvalue weighted by atomic mass is 9.75. The molecule has 1 fully saturated rings. The molecule has 100 valence electrons. The molecule has 3 rings (SSSR count). The van der Waals surface area contributed by atoms with Gasteiger partial charge >= 0.3 is 0 Å². The fraction of sp³-hybridized carbons (Fsp3) is 0.571. The average molecular weight is 314 g/mol. The summed E-state index contributed by atoms with van der Waals surface area (Å²) < 4.78 is 0. The van der Waals surface area contributed by atoms with E-state index in [1.165, 1.54) is 24.9 Å². The van der Waals surface area contributed by atoms with Crippen molar-refractivity contribution in [1.82, 2.24) is 4.90 Å². The lowest BCUT2D eigenvalue weighted by Gasteiger charge is -2.43. The Hall–Kier alpha value is -0.740. The fourth-order valence-electron chi connectivity index (χ4n) is 3.45. The van der Waals surface area contributed by atoms with Gasteiger partial charge in [0, 0.05) is 11.6 Å². The van der Waals surface area contributed by atoms with Gasteiger partial charge in [0.05, 0.1) is 0 Å². The van der Waals surface area contributed by atoms with Crippen molar-refractivity contribution >= 4 is 17.0 Å². The first-order valence-corrected chi connectivity index (χ1v) is 6.39. The van der Waals surface area contributed by atoms with Gasteiger partial charge < -0.3 is 15.1 Å². The molecule has 0 amide bonds. The number of aromatic hydroxyl groups is 2. The third kappa shape index (κ3) is 2.12. The number of phenolic OH excluding ortho intramolecular Hbond substituents is 2. The summed E-state index contributed by atoms with van der Waals surface area (Å²) in [5.41, 5.74) is 2.18. The molecule has 0 aromatic heterocycles. The van der Waals surface area contributed by atoms with Gasteiger partial charge in [0.25, 0.3) is 0 Å². The van der Waals surface area contributed by atoms with Gasteiger partial charge in [-0.2, -0.15) is 0 Å². The number of hydrogen-bond acceptors (Lipinski definition) is 3. The molecule has 0 spiro atoms. The van der Waals surface area contributed by atoms with E-state index in [-0.39, 0.29) is 28.5 Å². The van der Waals surface area contributed by atoms with E-state index in [0.717, 1.165) is 18.4 Å². The van der Waals surface area contributed by atoms with Gasteiger partial charge in [-0.3, -0.25) is 0 Å². The van der Waals surface area contributed by atoms with E-state index in [1.807, 2.05) is 6.07 Å². The third-order valence-corrected chi connectivity index (χ3v) is 4.45. The fourth-order valence-corrected chi connectivity index (χ4v) is 3.45. The van der Waals surface area contributed by atoms with Gasteiger partial charge in [0.2, 0.25) is 0 Å². The van der Waals surface area contributed by atoms with Crippen molar-refractivity contribution in [3.63, 3.8) is 0 Å². The summed E-state index contributed by atoms with van der Waals surface area (Å²) in [7, 11) is 2.20. The van der Waals surface area contributed by atoms with E-state index in [0.29, 0.717) is 12.0 Å². The van der Waals surface area contributed by atoms with E-state index >= 15 is 0 Å². The lowest BCUT2D eigenvalue weighted by Crippen LogP contribution is -2.47. The SMILES string of the molecule is Br.CN1CCC[C@@H]2Cc3c(ccc(O)c3O)C[C@H]21. The number of fused-ring (bicyclic) bond motifs is 2. The first-order chi connectivity index (χ1) is 8.16. The lowest BCUT2D eigenvalue weighted by molar-refractivity contribution is 0.111. The minimum Gasteiger partial charge on any atom is -0.504 e. The number of hydrogen-bond donors (Lipinski definition) is 2. The molecule has 3 nitrogen and oxygen atoms in total. The van der Waals surface area contributed by atoms with E-state index in [4.69, 9.17) is 0 Å². The van der Waals surface area contributed by atoms with Crippen LogP contribution in [-0.2, 0) is 12.8 Å². The molecule has 2 atom stereocenters. The number of rotatable bonds is 0. The second-order valence-corrected chi connectivity index (χ2v) is 5.43. The van der Waals surface area contributed by atoms with Crippen LogP contribution in [0.25, 0.3) is 0 Å². The second kappa shape index (κ2) is 5.10. The zero-order chi connectivity index (χ0) is 12.0. The molecule has 1 aromatic carbocycles. The molecule has 0 saturated carbocycles. The van der Waals surface area contributed by atoms with Crippen LogP contribution < -0.4 is 0 Å². The second-order valence-electron chi connectivity index (χ2n) is 5.43. The van der Waals surface area contributed by atoms with Crippen molar-refractivity contribution in [1.29, 1.82) is 0 Å². The van der Waals surface area contributed by atoms with Crippen LogP contribution in [0, 0.1) is 5.92 Å². The minimum absolute atomic E-state index is 0. The van der Waals surface area contributed by atoms with E-state index in [2.05, 4.69) is 11.9 Å². The smallest absolute Gasteiger partial charge is 0.160 e. The van der Waals surface area contributed by atoms with E-state index in [9.17, 15) is 10.2 Å².